The van der Waals surface area contributed by atoms with Gasteiger partial charge in [-0.2, -0.15) is 0 Å². The van der Waals surface area contributed by atoms with E-state index in [1.807, 2.05) is 14.0 Å². The molecule has 0 aromatic rings. The van der Waals surface area contributed by atoms with Gasteiger partial charge in [0.15, 0.2) is 0 Å². The smallest absolute Gasteiger partial charge is 0.238 e. The highest BCUT2D eigenvalue weighted by Crippen LogP contribution is 2.14. The number of carbonyl (C=O) groups is 1. The van der Waals surface area contributed by atoms with Crippen LogP contribution in [0.15, 0.2) is 0 Å². The van der Waals surface area contributed by atoms with Crippen molar-refractivity contribution in [3.8, 4) is 0 Å². The second-order valence-electron chi connectivity index (χ2n) is 5.45. The maximum atomic E-state index is 11.6. The van der Waals surface area contributed by atoms with Gasteiger partial charge in [0.25, 0.3) is 0 Å². The van der Waals surface area contributed by atoms with E-state index < -0.39 is 5.54 Å². The fourth-order valence-electron chi connectivity index (χ4n) is 2.36. The van der Waals surface area contributed by atoms with E-state index in [0.29, 0.717) is 12.6 Å². The summed E-state index contributed by atoms with van der Waals surface area (Å²) in [5, 5.41) is 3.24. The fraction of sp³-hybridized carbons (Fsp3) is 0.923. The van der Waals surface area contributed by atoms with Crippen LogP contribution in [0.5, 0.6) is 0 Å². The van der Waals surface area contributed by atoms with Crippen LogP contribution in [0.3, 0.4) is 0 Å². The first-order chi connectivity index (χ1) is 8.48. The molecule has 1 rings (SSSR count). The topological polar surface area (TPSA) is 67.6 Å². The number of hydrogen-bond acceptors (Lipinski definition) is 4. The monoisotopic (exact) mass is 257 g/mol. The van der Waals surface area contributed by atoms with Crippen molar-refractivity contribution < 1.29 is 9.53 Å². The van der Waals surface area contributed by atoms with Crippen molar-refractivity contribution in [2.24, 2.45) is 5.73 Å². The molecule has 0 aliphatic carbocycles. The number of likely N-dealkylation sites (N-methyl/N-ethyl adjacent to an activating group) is 1. The minimum absolute atomic E-state index is 0.296. The third kappa shape index (κ3) is 4.55. The van der Waals surface area contributed by atoms with Crippen LogP contribution >= 0.6 is 0 Å². The average molecular weight is 257 g/mol. The lowest BCUT2D eigenvalue weighted by Gasteiger charge is -2.33. The Morgan fingerprint density at radius 1 is 1.61 bits per heavy atom. The molecule has 106 valence electrons. The minimum Gasteiger partial charge on any atom is -0.377 e. The Kier molecular flexibility index (Phi) is 6.05. The molecule has 2 unspecified atom stereocenters. The van der Waals surface area contributed by atoms with E-state index in [-0.39, 0.29) is 5.91 Å². The predicted octanol–water partition coefficient (Wildman–Crippen LogP) is 0.341. The summed E-state index contributed by atoms with van der Waals surface area (Å²) < 4.78 is 5.60. The number of nitrogens with two attached hydrogens (primary N) is 1. The molecule has 5 heteroatoms. The number of rotatable bonds is 8. The summed E-state index contributed by atoms with van der Waals surface area (Å²) in [6.45, 7) is 7.08. The maximum Gasteiger partial charge on any atom is 0.238 e. The van der Waals surface area contributed by atoms with Crippen molar-refractivity contribution in [2.45, 2.75) is 44.8 Å². The highest BCUT2D eigenvalue weighted by Gasteiger charge is 2.32. The maximum absolute atomic E-state index is 11.6. The lowest BCUT2D eigenvalue weighted by atomic mass is 10.0. The van der Waals surface area contributed by atoms with E-state index >= 15 is 0 Å². The lowest BCUT2D eigenvalue weighted by Crippen LogP contribution is -2.59. The summed E-state index contributed by atoms with van der Waals surface area (Å²) >= 11 is 0. The minimum atomic E-state index is -0.663. The van der Waals surface area contributed by atoms with Gasteiger partial charge in [-0.25, -0.2) is 0 Å². The quantitative estimate of drug-likeness (QED) is 0.658. The molecule has 0 spiro atoms. The van der Waals surface area contributed by atoms with E-state index in [1.165, 1.54) is 0 Å². The fourth-order valence-corrected chi connectivity index (χ4v) is 2.36. The van der Waals surface area contributed by atoms with Gasteiger partial charge >= 0.3 is 0 Å². The van der Waals surface area contributed by atoms with Crippen LogP contribution in [0.1, 0.15) is 33.1 Å². The SMILES string of the molecule is CCCNC(C)(CN(C)CC1CCCO1)C(N)=O. The molecule has 1 aliphatic heterocycles. The zero-order chi connectivity index (χ0) is 13.6. The van der Waals surface area contributed by atoms with Gasteiger partial charge in [-0.15, -0.1) is 0 Å². The zero-order valence-electron chi connectivity index (χ0n) is 11.9. The van der Waals surface area contributed by atoms with Gasteiger partial charge in [0.1, 0.15) is 5.54 Å². The Hall–Kier alpha value is -0.650. The Labute approximate surface area is 110 Å². The molecule has 5 nitrogen and oxygen atoms in total. The van der Waals surface area contributed by atoms with Gasteiger partial charge < -0.3 is 20.7 Å². The van der Waals surface area contributed by atoms with Crippen molar-refractivity contribution in [2.75, 3.05) is 33.3 Å². The second-order valence-corrected chi connectivity index (χ2v) is 5.45. The summed E-state index contributed by atoms with van der Waals surface area (Å²) in [4.78, 5) is 13.7. The van der Waals surface area contributed by atoms with E-state index in [2.05, 4.69) is 17.1 Å². The number of ether oxygens (including phenoxy) is 1. The van der Waals surface area contributed by atoms with Crippen molar-refractivity contribution in [3.05, 3.63) is 0 Å². The average Bonchev–Trinajstić information content (AvgIpc) is 2.78. The van der Waals surface area contributed by atoms with Crippen LogP contribution in [0.4, 0.5) is 0 Å². The zero-order valence-corrected chi connectivity index (χ0v) is 11.9. The Balaban J connectivity index is 2.45. The van der Waals surface area contributed by atoms with Crippen LogP contribution < -0.4 is 11.1 Å². The standard InChI is InChI=1S/C13H27N3O2/c1-4-7-15-13(2,12(14)17)10-16(3)9-11-6-5-8-18-11/h11,15H,4-10H2,1-3H3,(H2,14,17). The molecule has 0 bridgehead atoms. The molecule has 0 aromatic heterocycles. The van der Waals surface area contributed by atoms with Gasteiger partial charge in [-0.3, -0.25) is 4.79 Å². The molecule has 0 aromatic carbocycles. The summed E-state index contributed by atoms with van der Waals surface area (Å²) in [5.74, 6) is -0.296. The molecule has 1 amide bonds. The number of amides is 1. The van der Waals surface area contributed by atoms with Crippen LogP contribution in [0.25, 0.3) is 0 Å². The molecular formula is C13H27N3O2. The first-order valence-corrected chi connectivity index (χ1v) is 6.83. The normalized spacial score (nSPS) is 23.2. The summed E-state index contributed by atoms with van der Waals surface area (Å²) in [5.41, 5.74) is 4.85. The van der Waals surface area contributed by atoms with E-state index in [4.69, 9.17) is 10.5 Å². The van der Waals surface area contributed by atoms with Crippen molar-refractivity contribution in [1.29, 1.82) is 0 Å². The predicted molar refractivity (Wildman–Crippen MR) is 72.4 cm³/mol. The number of nitrogens with zero attached hydrogens (tertiary/aromatic N) is 1. The van der Waals surface area contributed by atoms with Gasteiger partial charge in [-0.05, 0) is 39.8 Å². The van der Waals surface area contributed by atoms with Crippen molar-refractivity contribution in [3.63, 3.8) is 0 Å². The summed E-state index contributed by atoms with van der Waals surface area (Å²) in [7, 11) is 2.01. The highest BCUT2D eigenvalue weighted by atomic mass is 16.5. The first kappa shape index (κ1) is 15.4. The number of carbonyl (C=O) groups excluding carboxylic acids is 1. The Bertz CT molecular complexity index is 267. The van der Waals surface area contributed by atoms with Gasteiger partial charge in [0.05, 0.1) is 6.10 Å². The molecule has 3 N–H and O–H groups in total. The van der Waals surface area contributed by atoms with Gasteiger partial charge in [-0.1, -0.05) is 6.92 Å². The van der Waals surface area contributed by atoms with Gasteiger partial charge in [0, 0.05) is 19.7 Å². The van der Waals surface area contributed by atoms with Crippen LogP contribution in [-0.4, -0.2) is 55.7 Å². The Morgan fingerprint density at radius 2 is 2.33 bits per heavy atom. The number of nitrogens with one attached hydrogen (secondary N) is 1. The molecule has 18 heavy (non-hydrogen) atoms. The van der Waals surface area contributed by atoms with E-state index in [1.54, 1.807) is 0 Å². The lowest BCUT2D eigenvalue weighted by molar-refractivity contribution is -0.124. The largest absolute Gasteiger partial charge is 0.377 e. The molecular weight excluding hydrogens is 230 g/mol. The Morgan fingerprint density at radius 3 is 2.83 bits per heavy atom. The van der Waals surface area contributed by atoms with E-state index in [9.17, 15) is 4.79 Å². The molecule has 1 aliphatic rings. The molecule has 0 saturated carbocycles. The molecule has 1 saturated heterocycles. The second kappa shape index (κ2) is 7.07. The molecule has 1 fully saturated rings. The molecule has 0 radical (unpaired) electrons. The van der Waals surface area contributed by atoms with Crippen LogP contribution in [0, 0.1) is 0 Å². The number of hydrogen-bond donors (Lipinski definition) is 2. The third-order valence-electron chi connectivity index (χ3n) is 3.43. The van der Waals surface area contributed by atoms with E-state index in [0.717, 1.165) is 39.0 Å². The summed E-state index contributed by atoms with van der Waals surface area (Å²) in [6, 6.07) is 0. The van der Waals surface area contributed by atoms with Gasteiger partial charge in [0.2, 0.25) is 5.91 Å². The summed E-state index contributed by atoms with van der Waals surface area (Å²) in [6.07, 6.45) is 3.54. The highest BCUT2D eigenvalue weighted by molar-refractivity contribution is 5.84. The van der Waals surface area contributed by atoms with Crippen molar-refractivity contribution in [1.82, 2.24) is 10.2 Å². The third-order valence-corrected chi connectivity index (χ3v) is 3.43. The van der Waals surface area contributed by atoms with Crippen molar-refractivity contribution >= 4 is 5.91 Å². The van der Waals surface area contributed by atoms with Crippen LogP contribution in [0.2, 0.25) is 0 Å². The first-order valence-electron chi connectivity index (χ1n) is 6.83. The molecule has 1 heterocycles. The van der Waals surface area contributed by atoms with Crippen LogP contribution in [-0.2, 0) is 9.53 Å². The molecule has 2 atom stereocenters. The number of primary amides is 1.